The first kappa shape index (κ1) is 4.56. The molecule has 1 aromatic carbocycles. The highest BCUT2D eigenvalue weighted by Crippen LogP contribution is 2.23. The second kappa shape index (κ2) is 1.58. The second-order valence-electron chi connectivity index (χ2n) is 1.74. The predicted octanol–water partition coefficient (Wildman–Crippen LogP) is 0.875. The number of hydrogen-bond donors (Lipinski definition) is 0. The van der Waals surface area contributed by atoms with Gasteiger partial charge in [0.1, 0.15) is 4.99 Å². The topological polar surface area (TPSA) is 23.3 Å². The highest BCUT2D eigenvalue weighted by Gasteiger charge is 2.17. The summed E-state index contributed by atoms with van der Waals surface area (Å²) >= 11 is 0. The minimum absolute atomic E-state index is 0.720. The highest BCUT2D eigenvalue weighted by atomic mass is 16.5. The predicted molar refractivity (Wildman–Crippen MR) is 33.8 cm³/mol. The third kappa shape index (κ3) is 0.598. The molecule has 1 heterocycles. The second-order valence-corrected chi connectivity index (χ2v) is 1.74. The molecule has 0 N–H and O–H groups in total. The van der Waals surface area contributed by atoms with Gasteiger partial charge in [-0.15, -0.1) is 0 Å². The van der Waals surface area contributed by atoms with Gasteiger partial charge in [-0.05, 0) is 6.07 Å². The Balaban J connectivity index is 2.63. The summed E-state index contributed by atoms with van der Waals surface area (Å²) in [4.78, 5) is 3.92. The number of aliphatic imine (C=N–C) groups is 1. The van der Waals surface area contributed by atoms with Crippen LogP contribution in [-0.2, 0) is 0 Å². The summed E-state index contributed by atoms with van der Waals surface area (Å²) in [5, 5.41) is 0. The number of nitrogens with zero attached hydrogens (tertiary/aromatic N) is 1. The molecule has 2 radical (unpaired) electrons. The quantitative estimate of drug-likeness (QED) is 0.496. The average Bonchev–Trinajstić information content (AvgIpc) is 2.33. The molecular formula is C7H4NO+. The van der Waals surface area contributed by atoms with Gasteiger partial charge < -0.3 is 4.74 Å². The van der Waals surface area contributed by atoms with Gasteiger partial charge in [-0.1, -0.05) is 6.07 Å². The minimum Gasteiger partial charge on any atom is -0.398 e. The Hall–Kier alpha value is -1.31. The molecule has 0 amide bonds. The molecule has 1 aromatic rings. The Morgan fingerprint density at radius 1 is 1.56 bits per heavy atom. The molecule has 0 atom stereocenters. The number of fused-ring (bicyclic) bond motifs is 1. The van der Waals surface area contributed by atoms with E-state index < -0.39 is 0 Å². The SMILES string of the molecule is [c]1cccc2c1OC=[N+]2. The minimum atomic E-state index is 0.720. The van der Waals surface area contributed by atoms with Crippen molar-refractivity contribution in [2.75, 3.05) is 0 Å². The lowest BCUT2D eigenvalue weighted by molar-refractivity contribution is 0.591. The molecule has 0 aliphatic carbocycles. The van der Waals surface area contributed by atoms with Gasteiger partial charge in [0, 0.05) is 12.1 Å². The fourth-order valence-corrected chi connectivity index (χ4v) is 0.745. The van der Waals surface area contributed by atoms with E-state index in [9.17, 15) is 0 Å². The van der Waals surface area contributed by atoms with Gasteiger partial charge in [-0.2, -0.15) is 0 Å². The van der Waals surface area contributed by atoms with Crippen molar-refractivity contribution in [3.05, 3.63) is 24.3 Å². The molecule has 0 saturated heterocycles. The number of hydrogen-bond acceptors (Lipinski definition) is 2. The van der Waals surface area contributed by atoms with Gasteiger partial charge in [0.15, 0.2) is 0 Å². The summed E-state index contributed by atoms with van der Waals surface area (Å²) in [5.74, 6) is 0.720. The van der Waals surface area contributed by atoms with Gasteiger partial charge >= 0.3 is 12.1 Å². The van der Waals surface area contributed by atoms with E-state index >= 15 is 0 Å². The van der Waals surface area contributed by atoms with Crippen molar-refractivity contribution in [1.29, 1.82) is 0 Å². The van der Waals surface area contributed by atoms with E-state index in [-0.39, 0.29) is 0 Å². The number of benzene rings is 1. The van der Waals surface area contributed by atoms with Crippen molar-refractivity contribution >= 4 is 12.1 Å². The van der Waals surface area contributed by atoms with Crippen LogP contribution in [0.3, 0.4) is 0 Å². The Morgan fingerprint density at radius 2 is 2.56 bits per heavy atom. The first-order chi connectivity index (χ1) is 4.47. The third-order valence-electron chi connectivity index (χ3n) is 1.16. The number of ether oxygens (including phenoxy) is 1. The molecule has 2 rings (SSSR count). The van der Waals surface area contributed by atoms with Crippen molar-refractivity contribution in [2.45, 2.75) is 0 Å². The summed E-state index contributed by atoms with van der Waals surface area (Å²) in [7, 11) is 0. The van der Waals surface area contributed by atoms with E-state index in [0.717, 1.165) is 11.4 Å². The van der Waals surface area contributed by atoms with Crippen LogP contribution in [0.15, 0.2) is 18.2 Å². The number of para-hydroxylation sites is 1. The number of rotatable bonds is 0. The molecule has 0 spiro atoms. The normalized spacial score (nSPS) is 12.9. The van der Waals surface area contributed by atoms with Crippen molar-refractivity contribution in [1.82, 2.24) is 4.99 Å². The standard InChI is InChI=1S/C7H4NO/c1-2-4-7-6(3-1)8-5-9-7/h1-3,5H/q+1. The van der Waals surface area contributed by atoms with Crippen molar-refractivity contribution in [3.63, 3.8) is 0 Å². The maximum absolute atomic E-state index is 4.95. The Bertz CT molecular complexity index is 255. The molecule has 0 unspecified atom stereocenters. The lowest BCUT2D eigenvalue weighted by Crippen LogP contribution is -1.81. The largest absolute Gasteiger partial charge is 0.404 e. The zero-order valence-electron chi connectivity index (χ0n) is 4.66. The summed E-state index contributed by atoms with van der Waals surface area (Å²) in [6, 6.07) is 8.46. The van der Waals surface area contributed by atoms with Crippen LogP contribution in [0.2, 0.25) is 0 Å². The maximum atomic E-state index is 4.95. The molecule has 2 nitrogen and oxygen atoms in total. The van der Waals surface area contributed by atoms with E-state index in [0.29, 0.717) is 0 Å². The van der Waals surface area contributed by atoms with Crippen LogP contribution >= 0.6 is 0 Å². The smallest absolute Gasteiger partial charge is 0.398 e. The van der Waals surface area contributed by atoms with E-state index in [1.54, 1.807) is 6.07 Å². The highest BCUT2D eigenvalue weighted by molar-refractivity contribution is 5.68. The van der Waals surface area contributed by atoms with Crippen LogP contribution in [0.25, 0.3) is 0 Å². The van der Waals surface area contributed by atoms with E-state index in [4.69, 9.17) is 4.74 Å². The Morgan fingerprint density at radius 3 is 3.44 bits per heavy atom. The van der Waals surface area contributed by atoms with Gasteiger partial charge in [0.25, 0.3) is 0 Å². The molecule has 0 aromatic heterocycles. The van der Waals surface area contributed by atoms with E-state index in [1.165, 1.54) is 6.40 Å². The van der Waals surface area contributed by atoms with Crippen molar-refractivity contribution in [2.24, 2.45) is 0 Å². The summed E-state index contributed by atoms with van der Waals surface area (Å²) < 4.78 is 4.95. The Labute approximate surface area is 52.8 Å². The van der Waals surface area contributed by atoms with Crippen LogP contribution in [0, 0.1) is 6.07 Å². The molecule has 0 saturated carbocycles. The molecule has 1 aliphatic heterocycles. The van der Waals surface area contributed by atoms with Crippen molar-refractivity contribution in [3.8, 4) is 5.75 Å². The fourth-order valence-electron chi connectivity index (χ4n) is 0.745. The summed E-state index contributed by atoms with van der Waals surface area (Å²) in [5.41, 5.74) is 0.859. The third-order valence-corrected chi connectivity index (χ3v) is 1.16. The van der Waals surface area contributed by atoms with Crippen LogP contribution < -0.4 is 9.73 Å². The first-order valence-corrected chi connectivity index (χ1v) is 2.67. The van der Waals surface area contributed by atoms with E-state index in [2.05, 4.69) is 11.1 Å². The van der Waals surface area contributed by atoms with Gasteiger partial charge in [0.2, 0.25) is 5.75 Å². The summed E-state index contributed by atoms with van der Waals surface area (Å²) in [6.45, 7) is 0. The monoisotopic (exact) mass is 118 g/mol. The van der Waals surface area contributed by atoms with Gasteiger partial charge in [-0.25, -0.2) is 0 Å². The van der Waals surface area contributed by atoms with E-state index in [1.807, 2.05) is 12.1 Å². The summed E-state index contributed by atoms with van der Waals surface area (Å²) in [6.07, 6.45) is 1.42. The van der Waals surface area contributed by atoms with Crippen LogP contribution in [0.1, 0.15) is 0 Å². The Kier molecular flexibility index (Phi) is 0.803. The molecule has 1 aliphatic rings. The molecule has 0 fully saturated rings. The van der Waals surface area contributed by atoms with Crippen molar-refractivity contribution < 1.29 is 4.74 Å². The lowest BCUT2D eigenvalue weighted by atomic mass is 10.3. The van der Waals surface area contributed by atoms with Crippen LogP contribution in [0.5, 0.6) is 5.75 Å². The van der Waals surface area contributed by atoms with Crippen LogP contribution in [-0.4, -0.2) is 6.40 Å². The maximum Gasteiger partial charge on any atom is 0.404 e. The zero-order valence-corrected chi connectivity index (χ0v) is 4.66. The molecule has 2 heteroatoms. The zero-order chi connectivity index (χ0) is 6.10. The molecule has 9 heavy (non-hydrogen) atoms. The van der Waals surface area contributed by atoms with Crippen LogP contribution in [0.4, 0.5) is 5.69 Å². The lowest BCUT2D eigenvalue weighted by Gasteiger charge is -1.83. The molecule has 0 bridgehead atoms. The first-order valence-electron chi connectivity index (χ1n) is 2.67. The fraction of sp³-hybridized carbons (Fsp3) is 0. The molecule has 42 valence electrons. The van der Waals surface area contributed by atoms with Gasteiger partial charge in [-0.3, -0.25) is 0 Å². The molecular weight excluding hydrogens is 114 g/mol. The van der Waals surface area contributed by atoms with Gasteiger partial charge in [0.05, 0.1) is 0 Å². The average molecular weight is 118 g/mol.